The maximum atomic E-state index is 12.0. The highest BCUT2D eigenvalue weighted by atomic mass is 16.5. The van der Waals surface area contributed by atoms with Crippen LogP contribution in [-0.4, -0.2) is 29.6 Å². The Morgan fingerprint density at radius 2 is 2.00 bits per heavy atom. The molecule has 0 fully saturated rings. The number of hydrogen-bond acceptors (Lipinski definition) is 4. The number of carbonyl (C=O) groups excluding carboxylic acids is 1. The van der Waals surface area contributed by atoms with Gasteiger partial charge in [0.05, 0.1) is 20.5 Å². The Morgan fingerprint density at radius 3 is 2.58 bits per heavy atom. The van der Waals surface area contributed by atoms with E-state index in [9.17, 15) is 4.79 Å². The first-order valence-corrected chi connectivity index (χ1v) is 5.86. The van der Waals surface area contributed by atoms with Gasteiger partial charge >= 0.3 is 0 Å². The molecule has 1 heterocycles. The summed E-state index contributed by atoms with van der Waals surface area (Å²) in [5.41, 5.74) is 1.34. The van der Waals surface area contributed by atoms with Crippen molar-refractivity contribution in [2.75, 3.05) is 14.2 Å². The Morgan fingerprint density at radius 1 is 1.26 bits per heavy atom. The number of imidazole rings is 1. The topological polar surface area (TPSA) is 53.4 Å². The number of hydrogen-bond donors (Lipinski definition) is 0. The van der Waals surface area contributed by atoms with Gasteiger partial charge in [0, 0.05) is 19.7 Å². The maximum Gasteiger partial charge on any atom is 0.187 e. The van der Waals surface area contributed by atoms with Crippen LogP contribution >= 0.6 is 0 Å². The van der Waals surface area contributed by atoms with Gasteiger partial charge in [0.25, 0.3) is 0 Å². The molecule has 0 saturated carbocycles. The SMILES string of the molecule is COc1ccc(CC(=O)c2cn(C)cn2)cc1OC. The van der Waals surface area contributed by atoms with E-state index in [1.165, 1.54) is 0 Å². The fraction of sp³-hybridized carbons (Fsp3) is 0.286. The summed E-state index contributed by atoms with van der Waals surface area (Å²) in [5.74, 6) is 1.25. The number of ketones is 1. The van der Waals surface area contributed by atoms with Crippen molar-refractivity contribution >= 4 is 5.78 Å². The summed E-state index contributed by atoms with van der Waals surface area (Å²) in [6.45, 7) is 0. The van der Waals surface area contributed by atoms with Gasteiger partial charge in [-0.25, -0.2) is 4.98 Å². The molecule has 0 aliphatic rings. The number of rotatable bonds is 5. The molecule has 1 aromatic heterocycles. The molecular formula is C14H16N2O3. The molecule has 0 saturated heterocycles. The van der Waals surface area contributed by atoms with Crippen molar-refractivity contribution in [3.63, 3.8) is 0 Å². The van der Waals surface area contributed by atoms with Crippen LogP contribution in [0.5, 0.6) is 11.5 Å². The molecule has 2 rings (SSSR count). The van der Waals surface area contributed by atoms with Crippen LogP contribution in [0.2, 0.25) is 0 Å². The number of aryl methyl sites for hydroxylation is 1. The van der Waals surface area contributed by atoms with E-state index in [1.807, 2.05) is 13.1 Å². The number of methoxy groups -OCH3 is 2. The minimum absolute atomic E-state index is 0.0205. The summed E-state index contributed by atoms with van der Waals surface area (Å²) in [7, 11) is 4.99. The molecule has 0 N–H and O–H groups in total. The van der Waals surface area contributed by atoms with E-state index in [-0.39, 0.29) is 12.2 Å². The quantitative estimate of drug-likeness (QED) is 0.770. The van der Waals surface area contributed by atoms with Crippen molar-refractivity contribution < 1.29 is 14.3 Å². The van der Waals surface area contributed by atoms with E-state index in [2.05, 4.69) is 4.98 Å². The Kier molecular flexibility index (Phi) is 3.85. The Bertz CT molecular complexity index is 590. The van der Waals surface area contributed by atoms with Crippen LogP contribution in [-0.2, 0) is 13.5 Å². The van der Waals surface area contributed by atoms with Gasteiger partial charge in [-0.3, -0.25) is 4.79 Å². The molecule has 0 aliphatic carbocycles. The molecule has 0 atom stereocenters. The largest absolute Gasteiger partial charge is 0.493 e. The van der Waals surface area contributed by atoms with Crippen molar-refractivity contribution in [3.8, 4) is 11.5 Å². The third kappa shape index (κ3) is 2.93. The van der Waals surface area contributed by atoms with E-state index in [0.717, 1.165) is 5.56 Å². The van der Waals surface area contributed by atoms with Gasteiger partial charge in [0.15, 0.2) is 17.3 Å². The van der Waals surface area contributed by atoms with E-state index >= 15 is 0 Å². The zero-order valence-electron chi connectivity index (χ0n) is 11.2. The van der Waals surface area contributed by atoms with Crippen LogP contribution in [0, 0.1) is 0 Å². The maximum absolute atomic E-state index is 12.0. The monoisotopic (exact) mass is 260 g/mol. The third-order valence-electron chi connectivity index (χ3n) is 2.80. The zero-order chi connectivity index (χ0) is 13.8. The van der Waals surface area contributed by atoms with E-state index in [1.54, 1.807) is 43.4 Å². The van der Waals surface area contributed by atoms with Crippen LogP contribution in [0.15, 0.2) is 30.7 Å². The number of nitrogens with zero attached hydrogens (tertiary/aromatic N) is 2. The number of ether oxygens (including phenoxy) is 2. The minimum atomic E-state index is -0.0205. The third-order valence-corrected chi connectivity index (χ3v) is 2.80. The zero-order valence-corrected chi connectivity index (χ0v) is 11.2. The number of benzene rings is 1. The van der Waals surface area contributed by atoms with E-state index < -0.39 is 0 Å². The molecule has 0 amide bonds. The Balaban J connectivity index is 2.17. The van der Waals surface area contributed by atoms with Crippen LogP contribution in [0.1, 0.15) is 16.1 Å². The van der Waals surface area contributed by atoms with Crippen LogP contribution in [0.25, 0.3) is 0 Å². The first kappa shape index (κ1) is 13.1. The molecule has 0 spiro atoms. The number of carbonyl (C=O) groups is 1. The normalized spacial score (nSPS) is 10.3. The van der Waals surface area contributed by atoms with Gasteiger partial charge in [-0.05, 0) is 17.7 Å². The highest BCUT2D eigenvalue weighted by Gasteiger charge is 2.12. The van der Waals surface area contributed by atoms with E-state index in [0.29, 0.717) is 17.2 Å². The van der Waals surface area contributed by atoms with Crippen LogP contribution in [0.3, 0.4) is 0 Å². The fourth-order valence-corrected chi connectivity index (χ4v) is 1.82. The second-order valence-corrected chi connectivity index (χ2v) is 4.21. The van der Waals surface area contributed by atoms with Gasteiger partial charge in [0.2, 0.25) is 0 Å². The minimum Gasteiger partial charge on any atom is -0.493 e. The molecule has 0 radical (unpaired) electrons. The summed E-state index contributed by atoms with van der Waals surface area (Å²) >= 11 is 0. The molecule has 0 bridgehead atoms. The van der Waals surface area contributed by atoms with Crippen LogP contribution < -0.4 is 9.47 Å². The summed E-state index contributed by atoms with van der Waals surface area (Å²) < 4.78 is 12.1. The molecule has 19 heavy (non-hydrogen) atoms. The van der Waals surface area contributed by atoms with Gasteiger partial charge in [0.1, 0.15) is 5.69 Å². The first-order valence-electron chi connectivity index (χ1n) is 5.86. The molecule has 5 heteroatoms. The molecule has 2 aromatic rings. The van der Waals surface area contributed by atoms with Gasteiger partial charge in [-0.1, -0.05) is 6.07 Å². The second kappa shape index (κ2) is 5.56. The average Bonchev–Trinajstić information content (AvgIpc) is 2.85. The molecule has 0 unspecified atom stereocenters. The van der Waals surface area contributed by atoms with Crippen molar-refractivity contribution in [1.82, 2.24) is 9.55 Å². The van der Waals surface area contributed by atoms with Crippen molar-refractivity contribution in [2.24, 2.45) is 7.05 Å². The first-order chi connectivity index (χ1) is 9.13. The summed E-state index contributed by atoms with van der Waals surface area (Å²) in [4.78, 5) is 16.1. The van der Waals surface area contributed by atoms with Crippen molar-refractivity contribution in [1.29, 1.82) is 0 Å². The standard InChI is InChI=1S/C14H16N2O3/c1-16-8-11(15-9-16)12(17)6-10-4-5-13(18-2)14(7-10)19-3/h4-5,7-9H,6H2,1-3H3. The lowest BCUT2D eigenvalue weighted by atomic mass is 10.1. The highest BCUT2D eigenvalue weighted by molar-refractivity contribution is 5.95. The number of Topliss-reactive ketones (excluding diaryl/α,β-unsaturated/α-hetero) is 1. The molecule has 0 aliphatic heterocycles. The summed E-state index contributed by atoms with van der Waals surface area (Å²) in [6, 6.07) is 5.45. The number of aromatic nitrogens is 2. The predicted molar refractivity (Wildman–Crippen MR) is 70.8 cm³/mol. The molecular weight excluding hydrogens is 244 g/mol. The predicted octanol–water partition coefficient (Wildman–Crippen LogP) is 1.86. The summed E-state index contributed by atoms with van der Waals surface area (Å²) in [6.07, 6.45) is 3.61. The van der Waals surface area contributed by atoms with Crippen molar-refractivity contribution in [2.45, 2.75) is 6.42 Å². The molecule has 1 aromatic carbocycles. The Labute approximate surface area is 111 Å². The van der Waals surface area contributed by atoms with E-state index in [4.69, 9.17) is 9.47 Å². The average molecular weight is 260 g/mol. The lowest BCUT2D eigenvalue weighted by molar-refractivity contribution is 0.0988. The molecule has 5 nitrogen and oxygen atoms in total. The lowest BCUT2D eigenvalue weighted by Gasteiger charge is -2.08. The van der Waals surface area contributed by atoms with Crippen molar-refractivity contribution in [3.05, 3.63) is 42.0 Å². The highest BCUT2D eigenvalue weighted by Crippen LogP contribution is 2.27. The molecule has 100 valence electrons. The lowest BCUT2D eigenvalue weighted by Crippen LogP contribution is -2.04. The summed E-state index contributed by atoms with van der Waals surface area (Å²) in [5, 5.41) is 0. The second-order valence-electron chi connectivity index (χ2n) is 4.21. The smallest absolute Gasteiger partial charge is 0.187 e. The van der Waals surface area contributed by atoms with Gasteiger partial charge in [-0.15, -0.1) is 0 Å². The fourth-order valence-electron chi connectivity index (χ4n) is 1.82. The van der Waals surface area contributed by atoms with Crippen LogP contribution in [0.4, 0.5) is 0 Å². The Hall–Kier alpha value is -2.30. The van der Waals surface area contributed by atoms with Gasteiger partial charge < -0.3 is 14.0 Å². The van der Waals surface area contributed by atoms with Gasteiger partial charge in [-0.2, -0.15) is 0 Å².